The molecule has 2 aromatic carbocycles. The van der Waals surface area contributed by atoms with Gasteiger partial charge in [0, 0.05) is 37.2 Å². The zero-order chi connectivity index (χ0) is 21.6. The van der Waals surface area contributed by atoms with Crippen molar-refractivity contribution in [3.63, 3.8) is 0 Å². The Morgan fingerprint density at radius 1 is 1.16 bits per heavy atom. The fraction of sp³-hybridized carbons (Fsp3) is 0.208. The molecule has 0 saturated carbocycles. The van der Waals surface area contributed by atoms with Gasteiger partial charge in [0.15, 0.2) is 0 Å². The van der Waals surface area contributed by atoms with E-state index in [-0.39, 0.29) is 5.91 Å². The molecule has 7 heteroatoms. The number of aromatic nitrogens is 2. The van der Waals surface area contributed by atoms with E-state index in [1.165, 1.54) is 16.7 Å². The lowest BCUT2D eigenvalue weighted by atomic mass is 10.1. The van der Waals surface area contributed by atoms with Crippen LogP contribution in [0.2, 0.25) is 0 Å². The topological polar surface area (TPSA) is 85.4 Å². The third-order valence-corrected chi connectivity index (χ3v) is 4.81. The number of ether oxygens (including phenoxy) is 2. The van der Waals surface area contributed by atoms with Gasteiger partial charge in [-0.1, -0.05) is 23.8 Å². The molecular formula is C24H24N4O3. The molecule has 158 valence electrons. The molecule has 0 spiro atoms. The maximum absolute atomic E-state index is 12.2. The first kappa shape index (κ1) is 20.6. The number of hydrogen-bond donors (Lipinski definition) is 2. The summed E-state index contributed by atoms with van der Waals surface area (Å²) in [7, 11) is 1.59. The summed E-state index contributed by atoms with van der Waals surface area (Å²) >= 11 is 0. The van der Waals surface area contributed by atoms with Crippen LogP contribution in [0.4, 0.5) is 11.6 Å². The van der Waals surface area contributed by atoms with E-state index in [0.717, 1.165) is 12.2 Å². The molecule has 1 aliphatic rings. The van der Waals surface area contributed by atoms with Gasteiger partial charge in [-0.15, -0.1) is 0 Å². The van der Waals surface area contributed by atoms with Crippen molar-refractivity contribution >= 4 is 23.6 Å². The van der Waals surface area contributed by atoms with Crippen molar-refractivity contribution in [2.75, 3.05) is 25.6 Å². The summed E-state index contributed by atoms with van der Waals surface area (Å²) in [5, 5.41) is 5.92. The van der Waals surface area contributed by atoms with E-state index in [1.54, 1.807) is 37.6 Å². The molecule has 1 aliphatic carbocycles. The number of rotatable bonds is 8. The molecule has 3 aromatic rings. The Labute approximate surface area is 181 Å². The van der Waals surface area contributed by atoms with Gasteiger partial charge in [0.1, 0.15) is 5.75 Å². The highest BCUT2D eigenvalue weighted by Gasteiger charge is 2.11. The maximum atomic E-state index is 12.2. The van der Waals surface area contributed by atoms with E-state index in [9.17, 15) is 4.79 Å². The Hall–Kier alpha value is -3.71. The molecule has 4 rings (SSSR count). The molecular weight excluding hydrogens is 392 g/mol. The molecule has 0 bridgehead atoms. The molecule has 0 aliphatic heterocycles. The lowest BCUT2D eigenvalue weighted by molar-refractivity contribution is 0.0937. The van der Waals surface area contributed by atoms with Crippen molar-refractivity contribution in [3.8, 4) is 11.6 Å². The predicted octanol–water partition coefficient (Wildman–Crippen LogP) is 4.35. The SMILES string of the molecule is COCCNC(=O)c1cccc(Nc2nccc(Oc3ccc4c(c3)C=C(C)C4)n2)c1. The molecule has 2 N–H and O–H groups in total. The quantitative estimate of drug-likeness (QED) is 0.531. The number of carbonyl (C=O) groups excluding carboxylic acids is 1. The van der Waals surface area contributed by atoms with Crippen LogP contribution in [0.25, 0.3) is 6.08 Å². The highest BCUT2D eigenvalue weighted by Crippen LogP contribution is 2.30. The second kappa shape index (κ2) is 9.40. The summed E-state index contributed by atoms with van der Waals surface area (Å²) in [5.41, 5.74) is 5.07. The average Bonchev–Trinajstić information content (AvgIpc) is 3.13. The number of nitrogens with zero attached hydrogens (tertiary/aromatic N) is 2. The minimum Gasteiger partial charge on any atom is -0.439 e. The van der Waals surface area contributed by atoms with Crippen molar-refractivity contribution in [2.24, 2.45) is 0 Å². The van der Waals surface area contributed by atoms with E-state index in [2.05, 4.69) is 39.7 Å². The molecule has 0 radical (unpaired) electrons. The predicted molar refractivity (Wildman–Crippen MR) is 120 cm³/mol. The number of anilines is 2. The van der Waals surface area contributed by atoms with Crippen LogP contribution in [0.3, 0.4) is 0 Å². The Bertz CT molecular complexity index is 1130. The molecule has 31 heavy (non-hydrogen) atoms. The standard InChI is InChI=1S/C24H24N4O3/c1-16-12-17-6-7-21(15-19(17)13-16)31-22-8-9-26-24(28-22)27-20-5-3-4-18(14-20)23(29)25-10-11-30-2/h3-9,13-15H,10-12H2,1-2H3,(H,25,29)(H,26,27,28). The van der Waals surface area contributed by atoms with Gasteiger partial charge in [-0.3, -0.25) is 4.79 Å². The molecule has 1 amide bonds. The summed E-state index contributed by atoms with van der Waals surface area (Å²) in [6.07, 6.45) is 4.79. The van der Waals surface area contributed by atoms with Crippen molar-refractivity contribution in [2.45, 2.75) is 13.3 Å². The first-order chi connectivity index (χ1) is 15.1. The number of hydrogen-bond acceptors (Lipinski definition) is 6. The zero-order valence-corrected chi connectivity index (χ0v) is 17.5. The first-order valence-corrected chi connectivity index (χ1v) is 10.1. The minimum absolute atomic E-state index is 0.167. The van der Waals surface area contributed by atoms with Gasteiger partial charge in [-0.05, 0) is 54.8 Å². The monoisotopic (exact) mass is 416 g/mol. The van der Waals surface area contributed by atoms with Crippen LogP contribution in [0.15, 0.2) is 60.3 Å². The summed E-state index contributed by atoms with van der Waals surface area (Å²) in [6.45, 7) is 3.04. The van der Waals surface area contributed by atoms with E-state index >= 15 is 0 Å². The molecule has 0 fully saturated rings. The maximum Gasteiger partial charge on any atom is 0.251 e. The Morgan fingerprint density at radius 2 is 2.06 bits per heavy atom. The van der Waals surface area contributed by atoms with Crippen LogP contribution in [0.1, 0.15) is 28.4 Å². The van der Waals surface area contributed by atoms with Crippen molar-refractivity contribution in [1.82, 2.24) is 15.3 Å². The second-order valence-electron chi connectivity index (χ2n) is 7.30. The lowest BCUT2D eigenvalue weighted by Gasteiger charge is -2.10. The van der Waals surface area contributed by atoms with E-state index in [4.69, 9.17) is 9.47 Å². The van der Waals surface area contributed by atoms with E-state index in [0.29, 0.717) is 36.2 Å². The minimum atomic E-state index is -0.167. The van der Waals surface area contributed by atoms with Crippen LogP contribution >= 0.6 is 0 Å². The van der Waals surface area contributed by atoms with Gasteiger partial charge in [0.05, 0.1) is 6.61 Å². The van der Waals surface area contributed by atoms with Crippen LogP contribution in [-0.4, -0.2) is 36.1 Å². The third-order valence-electron chi connectivity index (χ3n) is 4.81. The molecule has 0 atom stereocenters. The number of methoxy groups -OCH3 is 1. The Balaban J connectivity index is 1.44. The fourth-order valence-corrected chi connectivity index (χ4v) is 3.36. The van der Waals surface area contributed by atoms with Crippen LogP contribution in [0, 0.1) is 0 Å². The second-order valence-corrected chi connectivity index (χ2v) is 7.30. The summed E-state index contributed by atoms with van der Waals surface area (Å²) in [5.74, 6) is 1.37. The zero-order valence-electron chi connectivity index (χ0n) is 17.5. The fourth-order valence-electron chi connectivity index (χ4n) is 3.36. The number of amides is 1. The van der Waals surface area contributed by atoms with Gasteiger partial charge in [-0.2, -0.15) is 4.98 Å². The largest absolute Gasteiger partial charge is 0.439 e. The lowest BCUT2D eigenvalue weighted by Crippen LogP contribution is -2.26. The number of carbonyl (C=O) groups is 1. The van der Waals surface area contributed by atoms with E-state index in [1.807, 2.05) is 18.2 Å². The van der Waals surface area contributed by atoms with Gasteiger partial charge >= 0.3 is 0 Å². The smallest absolute Gasteiger partial charge is 0.251 e. The van der Waals surface area contributed by atoms with Gasteiger partial charge in [0.2, 0.25) is 11.8 Å². The number of benzene rings is 2. The Morgan fingerprint density at radius 3 is 2.94 bits per heavy atom. The Kier molecular flexibility index (Phi) is 6.24. The number of nitrogens with one attached hydrogen (secondary N) is 2. The van der Waals surface area contributed by atoms with Crippen LogP contribution < -0.4 is 15.4 Å². The van der Waals surface area contributed by atoms with E-state index < -0.39 is 0 Å². The summed E-state index contributed by atoms with van der Waals surface area (Å²) in [6, 6.07) is 14.9. The molecule has 7 nitrogen and oxygen atoms in total. The molecule has 0 unspecified atom stereocenters. The number of allylic oxidation sites excluding steroid dienone is 1. The highest BCUT2D eigenvalue weighted by molar-refractivity contribution is 5.95. The highest BCUT2D eigenvalue weighted by atomic mass is 16.5. The molecule has 1 heterocycles. The van der Waals surface area contributed by atoms with Crippen LogP contribution in [-0.2, 0) is 11.2 Å². The summed E-state index contributed by atoms with van der Waals surface area (Å²) < 4.78 is 10.9. The summed E-state index contributed by atoms with van der Waals surface area (Å²) in [4.78, 5) is 20.9. The van der Waals surface area contributed by atoms with Crippen molar-refractivity contribution < 1.29 is 14.3 Å². The first-order valence-electron chi connectivity index (χ1n) is 10.1. The normalized spacial score (nSPS) is 12.1. The van der Waals surface area contributed by atoms with Gasteiger partial charge in [0.25, 0.3) is 5.91 Å². The average molecular weight is 416 g/mol. The molecule has 0 saturated heterocycles. The van der Waals surface area contributed by atoms with Crippen LogP contribution in [0.5, 0.6) is 11.6 Å². The van der Waals surface area contributed by atoms with Gasteiger partial charge in [-0.25, -0.2) is 4.98 Å². The third kappa shape index (κ3) is 5.26. The van der Waals surface area contributed by atoms with Crippen molar-refractivity contribution in [3.05, 3.63) is 77.0 Å². The molecule has 1 aromatic heterocycles. The number of fused-ring (bicyclic) bond motifs is 1. The van der Waals surface area contributed by atoms with Crippen molar-refractivity contribution in [1.29, 1.82) is 0 Å². The van der Waals surface area contributed by atoms with Gasteiger partial charge < -0.3 is 20.1 Å².